The second-order valence-electron chi connectivity index (χ2n) is 5.81. The molecule has 0 spiro atoms. The van der Waals surface area contributed by atoms with E-state index in [9.17, 15) is 13.2 Å². The molecule has 1 aromatic rings. The highest BCUT2D eigenvalue weighted by molar-refractivity contribution is 7.92. The highest BCUT2D eigenvalue weighted by Gasteiger charge is 2.28. The Morgan fingerprint density at radius 2 is 1.95 bits per heavy atom. The van der Waals surface area contributed by atoms with Gasteiger partial charge in [-0.1, -0.05) is 11.6 Å². The van der Waals surface area contributed by atoms with E-state index in [1.54, 1.807) is 39.0 Å². The maximum Gasteiger partial charge on any atom is 0.224 e. The Kier molecular flexibility index (Phi) is 5.64. The standard InChI is InChI=1S/C14H21ClN2O3S/c1-14(2,3)21(19,20)8-4-5-13(18)17-12-7-6-10(15)9-11(12)16/h6-7,9H,4-5,8,16H2,1-3H3,(H,17,18). The van der Waals surface area contributed by atoms with Crippen molar-refractivity contribution in [2.45, 2.75) is 38.4 Å². The van der Waals surface area contributed by atoms with Crippen LogP contribution in [0.2, 0.25) is 5.02 Å². The average molecular weight is 333 g/mol. The third kappa shape index (κ3) is 5.21. The van der Waals surface area contributed by atoms with E-state index in [1.165, 1.54) is 0 Å². The zero-order chi connectivity index (χ0) is 16.3. The molecule has 7 heteroatoms. The molecule has 0 aliphatic rings. The minimum Gasteiger partial charge on any atom is -0.397 e. The van der Waals surface area contributed by atoms with Crippen molar-refractivity contribution in [3.05, 3.63) is 23.2 Å². The van der Waals surface area contributed by atoms with Crippen LogP contribution < -0.4 is 11.1 Å². The van der Waals surface area contributed by atoms with Gasteiger partial charge in [-0.3, -0.25) is 4.79 Å². The largest absolute Gasteiger partial charge is 0.397 e. The van der Waals surface area contributed by atoms with Gasteiger partial charge < -0.3 is 11.1 Å². The number of sulfone groups is 1. The molecule has 21 heavy (non-hydrogen) atoms. The fourth-order valence-electron chi connectivity index (χ4n) is 1.59. The number of halogens is 1. The molecule has 3 N–H and O–H groups in total. The van der Waals surface area contributed by atoms with Crippen LogP contribution in [0.3, 0.4) is 0 Å². The maximum atomic E-state index is 11.9. The van der Waals surface area contributed by atoms with Crippen molar-refractivity contribution < 1.29 is 13.2 Å². The monoisotopic (exact) mass is 332 g/mol. The fraction of sp³-hybridized carbons (Fsp3) is 0.500. The molecule has 0 radical (unpaired) electrons. The molecule has 118 valence electrons. The molecule has 1 amide bonds. The number of nitrogens with one attached hydrogen (secondary N) is 1. The molecular formula is C14H21ClN2O3S. The zero-order valence-corrected chi connectivity index (χ0v) is 14.0. The van der Waals surface area contributed by atoms with Crippen LogP contribution in [0, 0.1) is 0 Å². The Morgan fingerprint density at radius 1 is 1.33 bits per heavy atom. The molecule has 0 aliphatic carbocycles. The van der Waals surface area contributed by atoms with E-state index >= 15 is 0 Å². The molecule has 5 nitrogen and oxygen atoms in total. The van der Waals surface area contributed by atoms with Gasteiger partial charge in [-0.25, -0.2) is 8.42 Å². The molecule has 0 unspecified atom stereocenters. The summed E-state index contributed by atoms with van der Waals surface area (Å²) in [6.45, 7) is 4.95. The van der Waals surface area contributed by atoms with E-state index in [0.29, 0.717) is 16.4 Å². The minimum absolute atomic E-state index is 0.0139. The molecule has 0 aliphatic heterocycles. The average Bonchev–Trinajstić information content (AvgIpc) is 2.31. The summed E-state index contributed by atoms with van der Waals surface area (Å²) in [6, 6.07) is 4.78. The number of hydrogen-bond donors (Lipinski definition) is 2. The Balaban J connectivity index is 2.52. The van der Waals surface area contributed by atoms with Crippen molar-refractivity contribution >= 4 is 38.7 Å². The molecule has 0 saturated heterocycles. The lowest BCUT2D eigenvalue weighted by atomic mass is 10.2. The van der Waals surface area contributed by atoms with Crippen LogP contribution in [0.25, 0.3) is 0 Å². The van der Waals surface area contributed by atoms with Crippen LogP contribution in [-0.2, 0) is 14.6 Å². The normalized spacial score (nSPS) is 12.2. The number of nitrogen functional groups attached to an aromatic ring is 1. The van der Waals surface area contributed by atoms with Crippen LogP contribution in [0.4, 0.5) is 11.4 Å². The maximum absolute atomic E-state index is 11.9. The van der Waals surface area contributed by atoms with Crippen molar-refractivity contribution in [1.82, 2.24) is 0 Å². The lowest BCUT2D eigenvalue weighted by molar-refractivity contribution is -0.116. The second kappa shape index (κ2) is 6.66. The fourth-order valence-corrected chi connectivity index (χ4v) is 2.91. The van der Waals surface area contributed by atoms with E-state index in [4.69, 9.17) is 17.3 Å². The van der Waals surface area contributed by atoms with Crippen LogP contribution in [0.15, 0.2) is 18.2 Å². The van der Waals surface area contributed by atoms with E-state index in [-0.39, 0.29) is 24.5 Å². The molecule has 0 aromatic heterocycles. The van der Waals surface area contributed by atoms with Gasteiger partial charge in [0.05, 0.1) is 21.9 Å². The summed E-state index contributed by atoms with van der Waals surface area (Å²) in [7, 11) is -3.20. The van der Waals surface area contributed by atoms with Gasteiger partial charge >= 0.3 is 0 Å². The summed E-state index contributed by atoms with van der Waals surface area (Å²) in [4.78, 5) is 11.8. The summed E-state index contributed by atoms with van der Waals surface area (Å²) < 4.78 is 23.0. The van der Waals surface area contributed by atoms with E-state index in [0.717, 1.165) is 0 Å². The second-order valence-corrected chi connectivity index (χ2v) is 9.11. The summed E-state index contributed by atoms with van der Waals surface area (Å²) in [5.41, 5.74) is 6.58. The van der Waals surface area contributed by atoms with Crippen LogP contribution in [0.1, 0.15) is 33.6 Å². The van der Waals surface area contributed by atoms with Gasteiger partial charge in [0, 0.05) is 11.4 Å². The molecule has 1 aromatic carbocycles. The van der Waals surface area contributed by atoms with E-state index in [2.05, 4.69) is 5.32 Å². The van der Waals surface area contributed by atoms with Crippen LogP contribution in [-0.4, -0.2) is 24.8 Å². The van der Waals surface area contributed by atoms with Crippen molar-refractivity contribution in [3.63, 3.8) is 0 Å². The number of carbonyl (C=O) groups is 1. The van der Waals surface area contributed by atoms with Gasteiger partial charge in [0.15, 0.2) is 9.84 Å². The molecule has 0 bridgehead atoms. The van der Waals surface area contributed by atoms with Crippen molar-refractivity contribution in [2.24, 2.45) is 0 Å². The number of benzene rings is 1. The van der Waals surface area contributed by atoms with Gasteiger partial charge in [0.2, 0.25) is 5.91 Å². The summed E-state index contributed by atoms with van der Waals surface area (Å²) >= 11 is 5.77. The van der Waals surface area contributed by atoms with Crippen molar-refractivity contribution in [3.8, 4) is 0 Å². The number of amides is 1. The first-order valence-corrected chi connectivity index (χ1v) is 8.63. The highest BCUT2D eigenvalue weighted by Crippen LogP contribution is 2.23. The third-order valence-corrected chi connectivity index (χ3v) is 5.96. The number of nitrogens with two attached hydrogens (primary N) is 1. The molecule has 0 heterocycles. The first-order chi connectivity index (χ1) is 9.53. The highest BCUT2D eigenvalue weighted by atomic mass is 35.5. The number of rotatable bonds is 5. The first-order valence-electron chi connectivity index (χ1n) is 6.60. The Bertz CT molecular complexity index is 622. The van der Waals surface area contributed by atoms with Crippen LogP contribution in [0.5, 0.6) is 0 Å². The van der Waals surface area contributed by atoms with Gasteiger partial charge in [-0.05, 0) is 45.4 Å². The van der Waals surface area contributed by atoms with Gasteiger partial charge in [-0.15, -0.1) is 0 Å². The number of carbonyl (C=O) groups excluding carboxylic acids is 1. The van der Waals surface area contributed by atoms with Gasteiger partial charge in [0.1, 0.15) is 0 Å². The summed E-state index contributed by atoms with van der Waals surface area (Å²) in [5.74, 6) is -0.284. The smallest absolute Gasteiger partial charge is 0.224 e. The molecular weight excluding hydrogens is 312 g/mol. The third-order valence-electron chi connectivity index (χ3n) is 3.04. The quantitative estimate of drug-likeness (QED) is 0.811. The van der Waals surface area contributed by atoms with Crippen molar-refractivity contribution in [1.29, 1.82) is 0 Å². The van der Waals surface area contributed by atoms with Gasteiger partial charge in [0.25, 0.3) is 0 Å². The van der Waals surface area contributed by atoms with E-state index in [1.807, 2.05) is 0 Å². The number of anilines is 2. The molecule has 1 rings (SSSR count). The zero-order valence-electron chi connectivity index (χ0n) is 12.4. The SMILES string of the molecule is CC(C)(C)S(=O)(=O)CCCC(=O)Nc1ccc(Cl)cc1N. The predicted octanol–water partition coefficient (Wildman–Crippen LogP) is 2.85. The molecule has 0 saturated carbocycles. The predicted molar refractivity (Wildman–Crippen MR) is 87.3 cm³/mol. The lowest BCUT2D eigenvalue weighted by Gasteiger charge is -2.18. The summed E-state index contributed by atoms with van der Waals surface area (Å²) in [5, 5.41) is 3.13. The van der Waals surface area contributed by atoms with Crippen LogP contribution >= 0.6 is 11.6 Å². The molecule has 0 atom stereocenters. The molecule has 0 fully saturated rings. The van der Waals surface area contributed by atoms with Gasteiger partial charge in [-0.2, -0.15) is 0 Å². The van der Waals surface area contributed by atoms with E-state index < -0.39 is 14.6 Å². The first kappa shape index (κ1) is 17.8. The summed E-state index contributed by atoms with van der Waals surface area (Å²) in [6.07, 6.45) is 0.399. The lowest BCUT2D eigenvalue weighted by Crippen LogP contribution is -2.30. The topological polar surface area (TPSA) is 89.3 Å². The number of hydrogen-bond acceptors (Lipinski definition) is 4. The Morgan fingerprint density at radius 3 is 2.48 bits per heavy atom. The minimum atomic E-state index is -3.20. The Labute approximate surface area is 130 Å². The van der Waals surface area contributed by atoms with Crippen molar-refractivity contribution in [2.75, 3.05) is 16.8 Å². The Hall–Kier alpha value is -1.27.